The Hall–Kier alpha value is -1.79. The lowest BCUT2D eigenvalue weighted by Gasteiger charge is -2.34. The molecule has 3 rings (SSSR count). The number of hydrogen-bond donors (Lipinski definition) is 1. The molecule has 0 aliphatic carbocycles. The number of hydrogen-bond acceptors (Lipinski definition) is 5. The highest BCUT2D eigenvalue weighted by atomic mass is 32.2. The number of aliphatic carboxylic acids is 1. The zero-order valence-corrected chi connectivity index (χ0v) is 21.4. The molecule has 0 aromatic heterocycles. The van der Waals surface area contributed by atoms with E-state index >= 15 is 0 Å². The maximum Gasteiger partial charge on any atom is 0.319 e. The number of thioether (sulfide) groups is 2. The number of ether oxygens (including phenoxy) is 1. The molecule has 0 saturated heterocycles. The summed E-state index contributed by atoms with van der Waals surface area (Å²) in [4.78, 5) is 15.2. The van der Waals surface area contributed by atoms with Gasteiger partial charge in [-0.15, -0.1) is 23.5 Å². The summed E-state index contributed by atoms with van der Waals surface area (Å²) in [5, 5.41) is 9.50. The third-order valence-electron chi connectivity index (χ3n) is 6.07. The molecule has 4 nitrogen and oxygen atoms in total. The summed E-state index contributed by atoms with van der Waals surface area (Å²) >= 11 is 3.35. The van der Waals surface area contributed by atoms with Crippen molar-refractivity contribution in [1.82, 2.24) is 0 Å². The monoisotopic (exact) mass is 473 g/mol. The molecule has 32 heavy (non-hydrogen) atoms. The summed E-state index contributed by atoms with van der Waals surface area (Å²) in [6, 6.07) is 14.9. The predicted molar refractivity (Wildman–Crippen MR) is 138 cm³/mol. The maximum atomic E-state index is 11.6. The molecule has 0 amide bonds. The Morgan fingerprint density at radius 2 is 2.00 bits per heavy atom. The number of methoxy groups -OCH3 is 1. The second kappa shape index (κ2) is 10.4. The summed E-state index contributed by atoms with van der Waals surface area (Å²) in [7, 11) is 1.69. The van der Waals surface area contributed by atoms with Crippen molar-refractivity contribution >= 4 is 40.9 Å². The number of carboxylic acids is 1. The molecule has 0 unspecified atom stereocenters. The minimum atomic E-state index is -0.847. The van der Waals surface area contributed by atoms with Crippen LogP contribution in [0.15, 0.2) is 47.4 Å². The van der Waals surface area contributed by atoms with E-state index in [9.17, 15) is 9.90 Å². The first kappa shape index (κ1) is 24.8. The van der Waals surface area contributed by atoms with E-state index < -0.39 is 10.7 Å². The topological polar surface area (TPSA) is 49.8 Å². The van der Waals surface area contributed by atoms with E-state index in [-0.39, 0.29) is 5.41 Å². The number of rotatable bonds is 9. The van der Waals surface area contributed by atoms with Gasteiger partial charge in [0.05, 0.1) is 12.8 Å². The van der Waals surface area contributed by atoms with E-state index in [4.69, 9.17) is 4.74 Å². The molecule has 0 spiro atoms. The number of nitrogens with zero attached hydrogens (tertiary/aromatic N) is 1. The van der Waals surface area contributed by atoms with Gasteiger partial charge in [0.25, 0.3) is 0 Å². The van der Waals surface area contributed by atoms with Crippen LogP contribution in [0.25, 0.3) is 0 Å². The highest BCUT2D eigenvalue weighted by molar-refractivity contribution is 8.00. The SMILES string of the molecule is CCCC[C@]1(C)CSc2cc(CSC(C)(C)C(=O)O)c(OC)cc2N(c2ccccc2)C1. The third-order valence-corrected chi connectivity index (χ3v) is 8.90. The van der Waals surface area contributed by atoms with Crippen LogP contribution in [0, 0.1) is 5.41 Å². The van der Waals surface area contributed by atoms with Gasteiger partial charge < -0.3 is 14.7 Å². The van der Waals surface area contributed by atoms with Crippen molar-refractivity contribution in [2.45, 2.75) is 62.4 Å². The van der Waals surface area contributed by atoms with Crippen LogP contribution in [-0.4, -0.2) is 35.2 Å². The van der Waals surface area contributed by atoms with E-state index in [1.807, 2.05) is 11.8 Å². The minimum Gasteiger partial charge on any atom is -0.496 e. The van der Waals surface area contributed by atoms with Gasteiger partial charge in [-0.1, -0.05) is 44.9 Å². The van der Waals surface area contributed by atoms with Gasteiger partial charge in [0, 0.05) is 40.3 Å². The molecule has 0 bridgehead atoms. The van der Waals surface area contributed by atoms with Crippen molar-refractivity contribution in [2.75, 3.05) is 24.3 Å². The molecule has 2 aromatic carbocycles. The highest BCUT2D eigenvalue weighted by Gasteiger charge is 2.33. The van der Waals surface area contributed by atoms with Gasteiger partial charge in [-0.05, 0) is 43.9 Å². The van der Waals surface area contributed by atoms with Crippen LogP contribution in [0.5, 0.6) is 5.75 Å². The number of unbranched alkanes of at least 4 members (excludes halogenated alkanes) is 1. The fraction of sp³-hybridized carbons (Fsp3) is 0.500. The van der Waals surface area contributed by atoms with Crippen LogP contribution in [0.2, 0.25) is 0 Å². The Bertz CT molecular complexity index is 932. The quantitative estimate of drug-likeness (QED) is 0.414. The molecule has 1 aliphatic heterocycles. The van der Waals surface area contributed by atoms with E-state index in [1.54, 1.807) is 21.0 Å². The Morgan fingerprint density at radius 1 is 1.28 bits per heavy atom. The highest BCUT2D eigenvalue weighted by Crippen LogP contribution is 2.47. The van der Waals surface area contributed by atoms with Gasteiger partial charge in [-0.25, -0.2) is 0 Å². The van der Waals surface area contributed by atoms with Crippen molar-refractivity contribution in [1.29, 1.82) is 0 Å². The third kappa shape index (κ3) is 5.76. The fourth-order valence-corrected chi connectivity index (χ4v) is 6.05. The summed E-state index contributed by atoms with van der Waals surface area (Å²) in [5.41, 5.74) is 3.60. The predicted octanol–water partition coefficient (Wildman–Crippen LogP) is 7.23. The summed E-state index contributed by atoms with van der Waals surface area (Å²) < 4.78 is 4.93. The van der Waals surface area contributed by atoms with Gasteiger partial charge in [0.2, 0.25) is 0 Å². The second-order valence-electron chi connectivity index (χ2n) is 9.36. The van der Waals surface area contributed by atoms with Gasteiger partial charge in [0.1, 0.15) is 10.5 Å². The van der Waals surface area contributed by atoms with Crippen LogP contribution in [0.1, 0.15) is 52.5 Å². The minimum absolute atomic E-state index is 0.197. The molecule has 1 heterocycles. The lowest BCUT2D eigenvalue weighted by molar-refractivity contribution is -0.138. The average molecular weight is 474 g/mol. The van der Waals surface area contributed by atoms with Gasteiger partial charge >= 0.3 is 5.97 Å². The van der Waals surface area contributed by atoms with Crippen molar-refractivity contribution in [2.24, 2.45) is 5.41 Å². The molecule has 0 fully saturated rings. The molecule has 0 saturated carbocycles. The number of benzene rings is 2. The summed E-state index contributed by atoms with van der Waals surface area (Å²) in [5.74, 6) is 1.67. The fourth-order valence-electron chi connectivity index (χ4n) is 3.90. The Balaban J connectivity index is 2.01. The Kier molecular flexibility index (Phi) is 8.10. The first-order valence-electron chi connectivity index (χ1n) is 11.2. The standard InChI is InChI=1S/C26H35NO3S2/c1-6-7-13-26(4)17-27(20-11-9-8-10-12-20)21-15-22(30-5)19(14-23(21)31-18-26)16-32-25(2,3)24(28)29/h8-12,14-15H,6-7,13,16-18H2,1-5H3,(H,28,29)/t26-/m0/s1. The number of fused-ring (bicyclic) bond motifs is 1. The van der Waals surface area contributed by atoms with Crippen molar-refractivity contribution in [3.8, 4) is 5.75 Å². The molecule has 6 heteroatoms. The van der Waals surface area contributed by atoms with E-state index in [2.05, 4.69) is 61.2 Å². The number of para-hydroxylation sites is 1. The van der Waals surface area contributed by atoms with E-state index in [1.165, 1.54) is 47.3 Å². The molecule has 2 aromatic rings. The Labute approximate surface area is 201 Å². The maximum absolute atomic E-state index is 11.6. The van der Waals surface area contributed by atoms with Crippen molar-refractivity contribution < 1.29 is 14.6 Å². The van der Waals surface area contributed by atoms with Crippen LogP contribution >= 0.6 is 23.5 Å². The Morgan fingerprint density at radius 3 is 2.62 bits per heavy atom. The zero-order valence-electron chi connectivity index (χ0n) is 19.8. The van der Waals surface area contributed by atoms with Crippen molar-refractivity contribution in [3.05, 3.63) is 48.0 Å². The number of anilines is 2. The zero-order chi connectivity index (χ0) is 23.4. The van der Waals surface area contributed by atoms with Gasteiger partial charge in [-0.3, -0.25) is 4.79 Å². The molecule has 174 valence electrons. The van der Waals surface area contributed by atoms with Crippen LogP contribution in [0.4, 0.5) is 11.4 Å². The lowest BCUT2D eigenvalue weighted by Crippen LogP contribution is -2.33. The van der Waals surface area contributed by atoms with Gasteiger partial charge in [-0.2, -0.15) is 0 Å². The molecular weight excluding hydrogens is 438 g/mol. The summed E-state index contributed by atoms with van der Waals surface area (Å²) in [6.45, 7) is 9.12. The molecule has 1 atom stereocenters. The van der Waals surface area contributed by atoms with Crippen LogP contribution < -0.4 is 9.64 Å². The van der Waals surface area contributed by atoms with Gasteiger partial charge in [0.15, 0.2) is 0 Å². The molecule has 0 radical (unpaired) electrons. The van der Waals surface area contributed by atoms with E-state index in [0.29, 0.717) is 5.75 Å². The van der Waals surface area contributed by atoms with Crippen LogP contribution in [-0.2, 0) is 10.5 Å². The second-order valence-corrected chi connectivity index (χ2v) is 12.0. The first-order chi connectivity index (χ1) is 15.2. The number of carbonyl (C=O) groups is 1. The van der Waals surface area contributed by atoms with Crippen LogP contribution in [0.3, 0.4) is 0 Å². The normalized spacial score (nSPS) is 18.7. The molecular formula is C26H35NO3S2. The number of carboxylic acid groups (broad SMARTS) is 1. The lowest BCUT2D eigenvalue weighted by atomic mass is 9.86. The summed E-state index contributed by atoms with van der Waals surface area (Å²) in [6.07, 6.45) is 3.62. The molecule has 1 aliphatic rings. The molecule has 1 N–H and O–H groups in total. The average Bonchev–Trinajstić information content (AvgIpc) is 2.93. The first-order valence-corrected chi connectivity index (χ1v) is 13.2. The largest absolute Gasteiger partial charge is 0.496 e. The smallest absolute Gasteiger partial charge is 0.319 e. The van der Waals surface area contributed by atoms with Crippen molar-refractivity contribution in [3.63, 3.8) is 0 Å². The van der Waals surface area contributed by atoms with E-state index in [0.717, 1.165) is 23.6 Å².